The number of hydrogen-bond acceptors (Lipinski definition) is 2. The molecule has 0 bridgehead atoms. The van der Waals surface area contributed by atoms with Crippen molar-refractivity contribution in [1.82, 2.24) is 4.90 Å². The second-order valence-electron chi connectivity index (χ2n) is 7.14. The Morgan fingerprint density at radius 2 is 1.31 bits per heavy atom. The number of rotatable bonds is 7. The first-order chi connectivity index (χ1) is 12.6. The van der Waals surface area contributed by atoms with Crippen LogP contribution in [0.2, 0.25) is 0 Å². The van der Waals surface area contributed by atoms with Crippen LogP contribution in [0.15, 0.2) is 84.9 Å². The molecule has 3 aromatic carbocycles. The molecule has 0 aliphatic rings. The third-order valence-corrected chi connectivity index (χ3v) is 4.66. The molecule has 2 nitrogen and oxygen atoms in total. The normalized spacial score (nSPS) is 12.2. The minimum absolute atomic E-state index is 0.286. The van der Waals surface area contributed by atoms with Crippen molar-refractivity contribution in [2.24, 2.45) is 0 Å². The summed E-state index contributed by atoms with van der Waals surface area (Å²) in [5.41, 5.74) is 5.22. The molecule has 0 radical (unpaired) electrons. The van der Waals surface area contributed by atoms with Gasteiger partial charge in [0.25, 0.3) is 0 Å². The van der Waals surface area contributed by atoms with Crippen LogP contribution in [0.5, 0.6) is 0 Å². The molecular weight excluding hydrogens is 316 g/mol. The van der Waals surface area contributed by atoms with E-state index < -0.39 is 0 Å². The molecule has 0 heterocycles. The van der Waals surface area contributed by atoms with Crippen LogP contribution >= 0.6 is 0 Å². The fraction of sp³-hybridized carbons (Fsp3) is 0.250. The second-order valence-corrected chi connectivity index (χ2v) is 7.14. The van der Waals surface area contributed by atoms with E-state index in [0.29, 0.717) is 0 Å². The monoisotopic (exact) mass is 344 g/mol. The Bertz CT molecular complexity index is 779. The fourth-order valence-electron chi connectivity index (χ4n) is 3.30. The molecule has 0 aromatic heterocycles. The van der Waals surface area contributed by atoms with Gasteiger partial charge in [-0.1, -0.05) is 78.4 Å². The van der Waals surface area contributed by atoms with E-state index in [0.717, 1.165) is 13.1 Å². The molecule has 1 atom stereocenters. The third-order valence-electron chi connectivity index (χ3n) is 4.66. The minimum Gasteiger partial charge on any atom is -0.359 e. The molecule has 0 amide bonds. The van der Waals surface area contributed by atoms with E-state index in [1.54, 1.807) is 0 Å². The van der Waals surface area contributed by atoms with Crippen LogP contribution in [0, 0.1) is 6.92 Å². The maximum Gasteiger partial charge on any atom is 0.0673 e. The Balaban J connectivity index is 2.02. The first kappa shape index (κ1) is 18.2. The summed E-state index contributed by atoms with van der Waals surface area (Å²) in [6.45, 7) is 3.99. The molecule has 0 fully saturated rings. The van der Waals surface area contributed by atoms with E-state index in [-0.39, 0.29) is 6.04 Å². The lowest BCUT2D eigenvalue weighted by molar-refractivity contribution is 0.363. The van der Waals surface area contributed by atoms with Gasteiger partial charge in [0.1, 0.15) is 0 Å². The van der Waals surface area contributed by atoms with Crippen LogP contribution in [0.1, 0.15) is 22.7 Å². The smallest absolute Gasteiger partial charge is 0.0673 e. The second kappa shape index (κ2) is 8.68. The molecule has 0 aliphatic heterocycles. The maximum absolute atomic E-state index is 2.52. The highest BCUT2D eigenvalue weighted by Crippen LogP contribution is 2.30. The first-order valence-corrected chi connectivity index (χ1v) is 9.20. The van der Waals surface area contributed by atoms with Gasteiger partial charge in [-0.25, -0.2) is 0 Å². The summed E-state index contributed by atoms with van der Waals surface area (Å²) < 4.78 is 0. The average molecular weight is 345 g/mol. The molecular formula is C24H28N2. The average Bonchev–Trinajstić information content (AvgIpc) is 2.67. The highest BCUT2D eigenvalue weighted by atomic mass is 15.2. The van der Waals surface area contributed by atoms with Gasteiger partial charge in [-0.05, 0) is 44.3 Å². The van der Waals surface area contributed by atoms with E-state index in [9.17, 15) is 0 Å². The molecule has 134 valence electrons. The summed E-state index contributed by atoms with van der Waals surface area (Å²) in [5, 5.41) is 0. The molecule has 3 rings (SSSR count). The predicted molar refractivity (Wildman–Crippen MR) is 112 cm³/mol. The van der Waals surface area contributed by atoms with Crippen LogP contribution < -0.4 is 4.90 Å². The summed E-state index contributed by atoms with van der Waals surface area (Å²) in [5.74, 6) is 0. The molecule has 3 aromatic rings. The summed E-state index contributed by atoms with van der Waals surface area (Å²) in [4.78, 5) is 4.79. The predicted octanol–water partition coefficient (Wildman–Crippen LogP) is 5.30. The van der Waals surface area contributed by atoms with Gasteiger partial charge in [0.05, 0.1) is 6.04 Å². The molecule has 0 spiro atoms. The fourth-order valence-corrected chi connectivity index (χ4v) is 3.30. The van der Waals surface area contributed by atoms with E-state index in [1.807, 2.05) is 0 Å². The van der Waals surface area contributed by atoms with E-state index in [1.165, 1.54) is 22.4 Å². The van der Waals surface area contributed by atoms with Gasteiger partial charge in [0, 0.05) is 18.8 Å². The lowest BCUT2D eigenvalue weighted by Crippen LogP contribution is -2.35. The van der Waals surface area contributed by atoms with Gasteiger partial charge in [-0.2, -0.15) is 0 Å². The van der Waals surface area contributed by atoms with Gasteiger partial charge in [-0.15, -0.1) is 0 Å². The summed E-state index contributed by atoms with van der Waals surface area (Å²) >= 11 is 0. The highest BCUT2D eigenvalue weighted by molar-refractivity contribution is 5.51. The number of benzene rings is 3. The number of nitrogens with zero attached hydrogens (tertiary/aromatic N) is 2. The van der Waals surface area contributed by atoms with Gasteiger partial charge in [-0.3, -0.25) is 0 Å². The first-order valence-electron chi connectivity index (χ1n) is 9.20. The SMILES string of the molecule is Cc1ccc(N(Cc2ccccc2)C(CN(C)C)c2ccccc2)cc1. The number of hydrogen-bond donors (Lipinski definition) is 0. The Labute approximate surface area is 157 Å². The van der Waals surface area contributed by atoms with Crippen molar-refractivity contribution in [3.8, 4) is 0 Å². The van der Waals surface area contributed by atoms with Crippen molar-refractivity contribution in [2.45, 2.75) is 19.5 Å². The maximum atomic E-state index is 2.52. The van der Waals surface area contributed by atoms with E-state index in [2.05, 4.69) is 116 Å². The Hall–Kier alpha value is -2.58. The molecule has 0 saturated heterocycles. The number of anilines is 1. The molecule has 0 N–H and O–H groups in total. The minimum atomic E-state index is 0.286. The van der Waals surface area contributed by atoms with Crippen molar-refractivity contribution in [2.75, 3.05) is 25.5 Å². The molecule has 0 saturated carbocycles. The summed E-state index contributed by atoms with van der Waals surface area (Å²) in [6.07, 6.45) is 0. The van der Waals surface area contributed by atoms with Crippen molar-refractivity contribution in [1.29, 1.82) is 0 Å². The van der Waals surface area contributed by atoms with Crippen molar-refractivity contribution in [3.63, 3.8) is 0 Å². The zero-order chi connectivity index (χ0) is 18.4. The highest BCUT2D eigenvalue weighted by Gasteiger charge is 2.22. The molecule has 2 heteroatoms. The van der Waals surface area contributed by atoms with Gasteiger partial charge in [0.15, 0.2) is 0 Å². The molecule has 1 unspecified atom stereocenters. The van der Waals surface area contributed by atoms with Gasteiger partial charge in [0.2, 0.25) is 0 Å². The number of aryl methyl sites for hydroxylation is 1. The Kier molecular flexibility index (Phi) is 6.08. The molecule has 26 heavy (non-hydrogen) atoms. The lowest BCUT2D eigenvalue weighted by Gasteiger charge is -2.36. The largest absolute Gasteiger partial charge is 0.359 e. The quantitative estimate of drug-likeness (QED) is 0.573. The van der Waals surface area contributed by atoms with Crippen molar-refractivity contribution in [3.05, 3.63) is 102 Å². The van der Waals surface area contributed by atoms with Crippen molar-refractivity contribution >= 4 is 5.69 Å². The topological polar surface area (TPSA) is 6.48 Å². The van der Waals surface area contributed by atoms with E-state index in [4.69, 9.17) is 0 Å². The van der Waals surface area contributed by atoms with Crippen LogP contribution in [0.4, 0.5) is 5.69 Å². The van der Waals surface area contributed by atoms with Crippen LogP contribution in [0.3, 0.4) is 0 Å². The van der Waals surface area contributed by atoms with Gasteiger partial charge < -0.3 is 9.80 Å². The standard InChI is InChI=1S/C24H28N2/c1-20-14-16-23(17-15-20)26(18-21-10-6-4-7-11-21)24(19-25(2)3)22-12-8-5-9-13-22/h4-17,24H,18-19H2,1-3H3. The van der Waals surface area contributed by atoms with Crippen LogP contribution in [-0.4, -0.2) is 25.5 Å². The van der Waals surface area contributed by atoms with Gasteiger partial charge >= 0.3 is 0 Å². The number of likely N-dealkylation sites (N-methyl/N-ethyl adjacent to an activating group) is 1. The lowest BCUT2D eigenvalue weighted by atomic mass is 10.0. The molecule has 0 aliphatic carbocycles. The summed E-state index contributed by atoms with van der Waals surface area (Å²) in [7, 11) is 4.29. The Morgan fingerprint density at radius 1 is 0.731 bits per heavy atom. The summed E-state index contributed by atoms with van der Waals surface area (Å²) in [6, 6.07) is 30.7. The van der Waals surface area contributed by atoms with Crippen LogP contribution in [0.25, 0.3) is 0 Å². The van der Waals surface area contributed by atoms with E-state index >= 15 is 0 Å². The zero-order valence-corrected chi connectivity index (χ0v) is 16.0. The third kappa shape index (κ3) is 4.74. The Morgan fingerprint density at radius 3 is 1.88 bits per heavy atom. The van der Waals surface area contributed by atoms with Crippen LogP contribution in [-0.2, 0) is 6.54 Å². The van der Waals surface area contributed by atoms with Crippen molar-refractivity contribution < 1.29 is 0 Å². The zero-order valence-electron chi connectivity index (χ0n) is 16.0.